The fourth-order valence-corrected chi connectivity index (χ4v) is 2.84. The van der Waals surface area contributed by atoms with Gasteiger partial charge >= 0.3 is 0 Å². The van der Waals surface area contributed by atoms with Crippen molar-refractivity contribution < 1.29 is 14.4 Å². The van der Waals surface area contributed by atoms with Crippen molar-refractivity contribution in [2.75, 3.05) is 7.11 Å². The van der Waals surface area contributed by atoms with Crippen molar-refractivity contribution >= 4 is 33.3 Å². The van der Waals surface area contributed by atoms with E-state index in [-0.39, 0.29) is 11.8 Å². The fourth-order valence-electron chi connectivity index (χ4n) is 2.28. The van der Waals surface area contributed by atoms with Crippen molar-refractivity contribution in [3.05, 3.63) is 62.1 Å². The Morgan fingerprint density at radius 3 is 2.46 bits per heavy atom. The largest absolute Gasteiger partial charge is 0.493 e. The van der Waals surface area contributed by atoms with E-state index in [1.54, 1.807) is 31.4 Å². The number of nitro benzene ring substituents is 1. The molecule has 0 aliphatic carbocycles. The van der Waals surface area contributed by atoms with Crippen LogP contribution < -0.4 is 9.47 Å². The second-order valence-electron chi connectivity index (χ2n) is 5.67. The highest BCUT2D eigenvalue weighted by Gasteiger charge is 2.13. The third-order valence-electron chi connectivity index (χ3n) is 3.43. The van der Waals surface area contributed by atoms with Crippen molar-refractivity contribution in [1.29, 1.82) is 5.26 Å². The molecule has 0 N–H and O–H groups in total. The van der Waals surface area contributed by atoms with Gasteiger partial charge in [-0.2, -0.15) is 5.26 Å². The number of allylic oxidation sites excluding steroid dienone is 1. The molecule has 26 heavy (non-hydrogen) atoms. The molecular weight excluding hydrogens is 400 g/mol. The SMILES string of the molecule is COc1cc(/C=C(/C#N)c2ccc([N+](=O)[O-])cc2)cc(Br)c1OC(C)C. The number of methoxy groups -OCH3 is 1. The van der Waals surface area contributed by atoms with Crippen LogP contribution in [-0.2, 0) is 0 Å². The molecule has 0 saturated carbocycles. The van der Waals surface area contributed by atoms with Crippen LogP contribution in [-0.4, -0.2) is 18.1 Å². The average Bonchev–Trinajstić information content (AvgIpc) is 2.61. The summed E-state index contributed by atoms with van der Waals surface area (Å²) in [5.41, 5.74) is 1.69. The Hall–Kier alpha value is -2.85. The van der Waals surface area contributed by atoms with E-state index >= 15 is 0 Å². The quantitative estimate of drug-likeness (QED) is 0.279. The number of benzene rings is 2. The number of halogens is 1. The summed E-state index contributed by atoms with van der Waals surface area (Å²) in [7, 11) is 1.55. The van der Waals surface area contributed by atoms with Gasteiger partial charge < -0.3 is 9.47 Å². The highest BCUT2D eigenvalue weighted by Crippen LogP contribution is 2.38. The summed E-state index contributed by atoms with van der Waals surface area (Å²) in [5.74, 6) is 1.13. The zero-order valence-electron chi connectivity index (χ0n) is 14.5. The molecule has 0 atom stereocenters. The second-order valence-corrected chi connectivity index (χ2v) is 6.53. The van der Waals surface area contributed by atoms with Crippen molar-refractivity contribution in [1.82, 2.24) is 0 Å². The van der Waals surface area contributed by atoms with Crippen LogP contribution in [0.1, 0.15) is 25.0 Å². The smallest absolute Gasteiger partial charge is 0.269 e. The van der Waals surface area contributed by atoms with Gasteiger partial charge in [-0.25, -0.2) is 0 Å². The lowest BCUT2D eigenvalue weighted by Gasteiger charge is -2.16. The molecule has 0 heterocycles. The predicted octanol–water partition coefficient (Wildman–Crippen LogP) is 5.22. The molecule has 0 unspecified atom stereocenters. The Kier molecular flexibility index (Phi) is 6.36. The van der Waals surface area contributed by atoms with Gasteiger partial charge in [0.2, 0.25) is 0 Å². The van der Waals surface area contributed by atoms with Crippen LogP contribution in [0.2, 0.25) is 0 Å². The Morgan fingerprint density at radius 1 is 1.31 bits per heavy atom. The maximum Gasteiger partial charge on any atom is 0.269 e. The lowest BCUT2D eigenvalue weighted by Crippen LogP contribution is -2.07. The van der Waals surface area contributed by atoms with Gasteiger partial charge in [0, 0.05) is 12.1 Å². The highest BCUT2D eigenvalue weighted by atomic mass is 79.9. The van der Waals surface area contributed by atoms with E-state index in [9.17, 15) is 15.4 Å². The van der Waals surface area contributed by atoms with E-state index in [1.807, 2.05) is 19.9 Å². The van der Waals surface area contributed by atoms with Crippen molar-refractivity contribution in [2.45, 2.75) is 20.0 Å². The number of ether oxygens (including phenoxy) is 2. The Morgan fingerprint density at radius 2 is 1.96 bits per heavy atom. The maximum absolute atomic E-state index is 10.8. The normalized spacial score (nSPS) is 11.2. The summed E-state index contributed by atoms with van der Waals surface area (Å²) >= 11 is 3.47. The van der Waals surface area contributed by atoms with Crippen LogP contribution in [0.4, 0.5) is 5.69 Å². The van der Waals surface area contributed by atoms with Gasteiger partial charge in [0.1, 0.15) is 0 Å². The first-order valence-corrected chi connectivity index (χ1v) is 8.55. The van der Waals surface area contributed by atoms with Crippen LogP contribution in [0, 0.1) is 21.4 Å². The first-order chi connectivity index (χ1) is 12.3. The molecule has 2 rings (SSSR count). The molecule has 0 aromatic heterocycles. The Balaban J connectivity index is 2.44. The van der Waals surface area contributed by atoms with Crippen LogP contribution in [0.15, 0.2) is 40.9 Å². The topological polar surface area (TPSA) is 85.4 Å². The first-order valence-electron chi connectivity index (χ1n) is 7.76. The molecule has 2 aromatic carbocycles. The molecule has 134 valence electrons. The lowest BCUT2D eigenvalue weighted by molar-refractivity contribution is -0.384. The number of nitrogens with zero attached hydrogens (tertiary/aromatic N) is 2. The summed E-state index contributed by atoms with van der Waals surface area (Å²) in [5, 5.41) is 20.2. The number of nitro groups is 1. The lowest BCUT2D eigenvalue weighted by atomic mass is 10.0. The van der Waals surface area contributed by atoms with Crippen molar-refractivity contribution in [2.24, 2.45) is 0 Å². The van der Waals surface area contributed by atoms with Gasteiger partial charge in [0.05, 0.1) is 34.3 Å². The van der Waals surface area contributed by atoms with E-state index in [2.05, 4.69) is 22.0 Å². The Bertz CT molecular complexity index is 884. The molecule has 0 fully saturated rings. The van der Waals surface area contributed by atoms with Gasteiger partial charge in [0.15, 0.2) is 11.5 Å². The first kappa shape index (κ1) is 19.5. The minimum Gasteiger partial charge on any atom is -0.493 e. The van der Waals surface area contributed by atoms with E-state index in [0.717, 1.165) is 5.56 Å². The molecule has 7 heteroatoms. The van der Waals surface area contributed by atoms with Crippen LogP contribution in [0.3, 0.4) is 0 Å². The van der Waals surface area contributed by atoms with E-state index in [0.29, 0.717) is 27.1 Å². The highest BCUT2D eigenvalue weighted by molar-refractivity contribution is 9.10. The van der Waals surface area contributed by atoms with E-state index < -0.39 is 4.92 Å². The number of rotatable bonds is 6. The average molecular weight is 417 g/mol. The van der Waals surface area contributed by atoms with Crippen LogP contribution in [0.25, 0.3) is 11.6 Å². The minimum absolute atomic E-state index is 0.0172. The molecule has 0 aliphatic heterocycles. The third-order valence-corrected chi connectivity index (χ3v) is 4.01. The fraction of sp³-hybridized carbons (Fsp3) is 0.211. The van der Waals surface area contributed by atoms with Gasteiger partial charge in [-0.3, -0.25) is 10.1 Å². The Labute approximate surface area is 159 Å². The van der Waals surface area contributed by atoms with Crippen LogP contribution in [0.5, 0.6) is 11.5 Å². The standard InChI is InChI=1S/C19H17BrN2O4/c1-12(2)26-19-17(20)9-13(10-18(19)25-3)8-15(11-21)14-4-6-16(7-5-14)22(23)24/h4-10,12H,1-3H3/b15-8-. The molecule has 2 aromatic rings. The molecule has 0 amide bonds. The summed E-state index contributed by atoms with van der Waals surface area (Å²) in [6.07, 6.45) is 1.67. The van der Waals surface area contributed by atoms with Gasteiger partial charge in [-0.15, -0.1) is 0 Å². The van der Waals surface area contributed by atoms with Gasteiger partial charge in [0.25, 0.3) is 5.69 Å². The monoisotopic (exact) mass is 416 g/mol. The predicted molar refractivity (Wildman–Crippen MR) is 103 cm³/mol. The van der Waals surface area contributed by atoms with Gasteiger partial charge in [-0.1, -0.05) is 0 Å². The summed E-state index contributed by atoms with van der Waals surface area (Å²) in [4.78, 5) is 10.3. The second kappa shape index (κ2) is 8.50. The van der Waals surface area contributed by atoms with Crippen molar-refractivity contribution in [3.63, 3.8) is 0 Å². The van der Waals surface area contributed by atoms with Crippen LogP contribution >= 0.6 is 15.9 Å². The minimum atomic E-state index is -0.477. The third kappa shape index (κ3) is 4.61. The van der Waals surface area contributed by atoms with Gasteiger partial charge in [-0.05, 0) is 71.2 Å². The van der Waals surface area contributed by atoms with E-state index in [4.69, 9.17) is 9.47 Å². The molecule has 0 bridgehead atoms. The molecule has 0 aliphatic rings. The zero-order chi connectivity index (χ0) is 19.3. The number of nitriles is 1. The molecular formula is C19H17BrN2O4. The molecule has 0 radical (unpaired) electrons. The number of non-ortho nitro benzene ring substituents is 1. The summed E-state index contributed by atoms with van der Waals surface area (Å²) in [6, 6.07) is 11.6. The summed E-state index contributed by atoms with van der Waals surface area (Å²) in [6.45, 7) is 3.84. The molecule has 0 saturated heterocycles. The van der Waals surface area contributed by atoms with Crippen molar-refractivity contribution in [3.8, 4) is 17.6 Å². The molecule has 0 spiro atoms. The van der Waals surface area contributed by atoms with E-state index in [1.165, 1.54) is 12.1 Å². The number of hydrogen-bond donors (Lipinski definition) is 0. The zero-order valence-corrected chi connectivity index (χ0v) is 16.1. The molecule has 6 nitrogen and oxygen atoms in total. The summed E-state index contributed by atoms with van der Waals surface area (Å²) < 4.78 is 11.8. The number of hydrogen-bond acceptors (Lipinski definition) is 5. The maximum atomic E-state index is 10.8.